The maximum atomic E-state index is 14.6. The molecular weight excluding hydrogens is 359 g/mol. The van der Waals surface area contributed by atoms with E-state index >= 15 is 0 Å². The van der Waals surface area contributed by atoms with Crippen molar-refractivity contribution in [2.24, 2.45) is 11.7 Å². The molecule has 0 saturated carbocycles. The highest BCUT2D eigenvalue weighted by atomic mass is 35.5. The largest absolute Gasteiger partial charge is 0.444 e. The molecule has 146 valence electrons. The molecule has 0 unspecified atom stereocenters. The molecule has 7 heteroatoms. The first-order valence-corrected chi connectivity index (χ1v) is 9.34. The SMILES string of the molecule is CC(C)(C)OC(=O)N1CCC[C@@H]([C@@H](OCCN)c2cccc(Cl)c2F)C1. The number of likely N-dealkylation sites (tertiary alicyclic amines) is 1. The number of hydrogen-bond donors (Lipinski definition) is 1. The number of benzene rings is 1. The van der Waals surface area contributed by atoms with Gasteiger partial charge in [0.2, 0.25) is 0 Å². The molecule has 1 aromatic carbocycles. The summed E-state index contributed by atoms with van der Waals surface area (Å²) in [5, 5.41) is 0.0589. The minimum absolute atomic E-state index is 0.0589. The van der Waals surface area contributed by atoms with Crippen LogP contribution in [0, 0.1) is 11.7 Å². The number of halogens is 2. The van der Waals surface area contributed by atoms with Gasteiger partial charge in [-0.05, 0) is 39.7 Å². The monoisotopic (exact) mass is 386 g/mol. The van der Waals surface area contributed by atoms with Gasteiger partial charge in [0.15, 0.2) is 0 Å². The third kappa shape index (κ3) is 5.56. The number of piperidine rings is 1. The van der Waals surface area contributed by atoms with Crippen molar-refractivity contribution in [3.05, 3.63) is 34.6 Å². The van der Waals surface area contributed by atoms with Crippen LogP contribution in [-0.4, -0.2) is 42.8 Å². The van der Waals surface area contributed by atoms with E-state index in [-0.39, 0.29) is 17.0 Å². The van der Waals surface area contributed by atoms with Crippen LogP contribution < -0.4 is 5.73 Å². The lowest BCUT2D eigenvalue weighted by molar-refractivity contribution is -0.0246. The van der Waals surface area contributed by atoms with Gasteiger partial charge in [0.25, 0.3) is 0 Å². The Balaban J connectivity index is 2.19. The van der Waals surface area contributed by atoms with Crippen LogP contribution in [0.4, 0.5) is 9.18 Å². The van der Waals surface area contributed by atoms with Crippen LogP contribution in [0.2, 0.25) is 5.02 Å². The van der Waals surface area contributed by atoms with Gasteiger partial charge >= 0.3 is 6.09 Å². The number of nitrogens with zero attached hydrogens (tertiary/aromatic N) is 1. The molecule has 1 amide bonds. The van der Waals surface area contributed by atoms with Gasteiger partial charge in [-0.3, -0.25) is 0 Å². The van der Waals surface area contributed by atoms with Crippen LogP contribution in [0.5, 0.6) is 0 Å². The van der Waals surface area contributed by atoms with Gasteiger partial charge in [-0.1, -0.05) is 23.7 Å². The average Bonchev–Trinajstić information content (AvgIpc) is 2.57. The maximum Gasteiger partial charge on any atom is 0.410 e. The summed E-state index contributed by atoms with van der Waals surface area (Å²) in [4.78, 5) is 14.1. The van der Waals surface area contributed by atoms with Crippen molar-refractivity contribution in [2.45, 2.75) is 45.3 Å². The first kappa shape index (κ1) is 20.9. The summed E-state index contributed by atoms with van der Waals surface area (Å²) in [5.41, 5.74) is 5.42. The summed E-state index contributed by atoms with van der Waals surface area (Å²) in [6, 6.07) is 4.89. The number of rotatable bonds is 5. The Bertz CT molecular complexity index is 621. The number of ether oxygens (including phenoxy) is 2. The Morgan fingerprint density at radius 3 is 2.85 bits per heavy atom. The number of carbonyl (C=O) groups excluding carboxylic acids is 1. The van der Waals surface area contributed by atoms with Gasteiger partial charge in [0.05, 0.1) is 17.7 Å². The van der Waals surface area contributed by atoms with Crippen molar-refractivity contribution in [1.82, 2.24) is 4.90 Å². The molecule has 1 aliphatic heterocycles. The van der Waals surface area contributed by atoms with Crippen LogP contribution in [0.15, 0.2) is 18.2 Å². The zero-order chi connectivity index (χ0) is 19.3. The first-order valence-electron chi connectivity index (χ1n) is 8.96. The molecule has 1 saturated heterocycles. The normalized spacial score (nSPS) is 19.3. The Kier molecular flexibility index (Phi) is 7.26. The summed E-state index contributed by atoms with van der Waals surface area (Å²) in [6.07, 6.45) is 0.753. The summed E-state index contributed by atoms with van der Waals surface area (Å²) < 4.78 is 25.9. The molecule has 1 heterocycles. The summed E-state index contributed by atoms with van der Waals surface area (Å²) in [5.74, 6) is -0.540. The number of amides is 1. The average molecular weight is 387 g/mol. The topological polar surface area (TPSA) is 64.8 Å². The van der Waals surface area contributed by atoms with E-state index in [2.05, 4.69) is 0 Å². The van der Waals surface area contributed by atoms with Crippen molar-refractivity contribution in [3.8, 4) is 0 Å². The number of nitrogens with two attached hydrogens (primary N) is 1. The zero-order valence-electron chi connectivity index (χ0n) is 15.6. The fourth-order valence-electron chi connectivity index (χ4n) is 3.16. The molecule has 0 bridgehead atoms. The van der Waals surface area contributed by atoms with Gasteiger partial charge in [-0.25, -0.2) is 9.18 Å². The van der Waals surface area contributed by atoms with Crippen molar-refractivity contribution in [1.29, 1.82) is 0 Å². The predicted octanol–water partition coefficient (Wildman–Crippen LogP) is 4.14. The van der Waals surface area contributed by atoms with Gasteiger partial charge in [-0.15, -0.1) is 0 Å². The van der Waals surface area contributed by atoms with Crippen molar-refractivity contribution in [2.75, 3.05) is 26.2 Å². The van der Waals surface area contributed by atoms with Crippen molar-refractivity contribution in [3.63, 3.8) is 0 Å². The molecule has 0 spiro atoms. The van der Waals surface area contributed by atoms with Crippen LogP contribution in [0.25, 0.3) is 0 Å². The Hall–Kier alpha value is -1.37. The van der Waals surface area contributed by atoms with Gasteiger partial charge in [-0.2, -0.15) is 0 Å². The van der Waals surface area contributed by atoms with E-state index in [1.165, 1.54) is 6.07 Å². The molecule has 0 aromatic heterocycles. The Morgan fingerprint density at radius 1 is 1.46 bits per heavy atom. The summed E-state index contributed by atoms with van der Waals surface area (Å²) in [7, 11) is 0. The van der Waals surface area contributed by atoms with Crippen molar-refractivity contribution >= 4 is 17.7 Å². The van der Waals surface area contributed by atoms with Gasteiger partial charge in [0, 0.05) is 31.1 Å². The molecule has 2 atom stereocenters. The highest BCUT2D eigenvalue weighted by Crippen LogP contribution is 2.36. The highest BCUT2D eigenvalue weighted by molar-refractivity contribution is 6.30. The summed E-state index contributed by atoms with van der Waals surface area (Å²) in [6.45, 7) is 7.20. The molecule has 2 rings (SSSR count). The van der Waals surface area contributed by atoms with Gasteiger partial charge < -0.3 is 20.1 Å². The number of hydrogen-bond acceptors (Lipinski definition) is 4. The Labute approximate surface area is 159 Å². The molecule has 1 aromatic rings. The van der Waals surface area contributed by atoms with E-state index < -0.39 is 17.5 Å². The quantitative estimate of drug-likeness (QED) is 0.825. The van der Waals surface area contributed by atoms with Gasteiger partial charge in [0.1, 0.15) is 11.4 Å². The second-order valence-corrected chi connectivity index (χ2v) is 7.96. The molecular formula is C19H28ClFN2O3. The number of carbonyl (C=O) groups is 1. The van der Waals surface area contributed by atoms with E-state index in [0.717, 1.165) is 12.8 Å². The zero-order valence-corrected chi connectivity index (χ0v) is 16.4. The molecule has 2 N–H and O–H groups in total. The van der Waals surface area contributed by atoms with E-state index in [1.54, 1.807) is 17.0 Å². The van der Waals surface area contributed by atoms with E-state index in [1.807, 2.05) is 20.8 Å². The lowest BCUT2D eigenvalue weighted by atomic mass is 9.88. The minimum atomic E-state index is -0.557. The maximum absolute atomic E-state index is 14.6. The molecule has 26 heavy (non-hydrogen) atoms. The molecule has 1 aliphatic rings. The fraction of sp³-hybridized carbons (Fsp3) is 0.632. The third-order valence-corrected chi connectivity index (χ3v) is 4.53. The van der Waals surface area contributed by atoms with Crippen LogP contribution in [-0.2, 0) is 9.47 Å². The van der Waals surface area contributed by atoms with Crippen LogP contribution in [0.3, 0.4) is 0 Å². The van der Waals surface area contributed by atoms with E-state index in [9.17, 15) is 9.18 Å². The van der Waals surface area contributed by atoms with E-state index in [4.69, 9.17) is 26.8 Å². The summed E-state index contributed by atoms with van der Waals surface area (Å²) >= 11 is 5.94. The Morgan fingerprint density at radius 2 is 2.19 bits per heavy atom. The third-order valence-electron chi connectivity index (χ3n) is 4.24. The first-order chi connectivity index (χ1) is 12.2. The highest BCUT2D eigenvalue weighted by Gasteiger charge is 2.34. The second-order valence-electron chi connectivity index (χ2n) is 7.55. The molecule has 5 nitrogen and oxygen atoms in total. The molecule has 0 aliphatic carbocycles. The lowest BCUT2D eigenvalue weighted by Gasteiger charge is -2.37. The minimum Gasteiger partial charge on any atom is -0.444 e. The van der Waals surface area contributed by atoms with E-state index in [0.29, 0.717) is 31.8 Å². The molecule has 0 radical (unpaired) electrons. The van der Waals surface area contributed by atoms with Crippen LogP contribution >= 0.6 is 11.6 Å². The predicted molar refractivity (Wildman–Crippen MR) is 99.7 cm³/mol. The lowest BCUT2D eigenvalue weighted by Crippen LogP contribution is -2.44. The van der Waals surface area contributed by atoms with Crippen LogP contribution in [0.1, 0.15) is 45.3 Å². The second kappa shape index (κ2) is 9.02. The standard InChI is InChI=1S/C19H28ClFN2O3/c1-19(2,3)26-18(24)23-10-5-6-13(12-23)17(25-11-9-22)14-7-4-8-15(20)16(14)21/h4,7-8,13,17H,5-6,9-12,22H2,1-3H3/t13-,17-/m1/s1. The van der Waals surface area contributed by atoms with Crippen molar-refractivity contribution < 1.29 is 18.7 Å². The fourth-order valence-corrected chi connectivity index (χ4v) is 3.35. The smallest absolute Gasteiger partial charge is 0.410 e. The molecule has 1 fully saturated rings.